The molecule has 0 atom stereocenters. The van der Waals surface area contributed by atoms with Gasteiger partial charge in [0.15, 0.2) is 0 Å². The van der Waals surface area contributed by atoms with Crippen molar-refractivity contribution in [2.45, 2.75) is 13.2 Å². The van der Waals surface area contributed by atoms with Gasteiger partial charge in [0.1, 0.15) is 35.7 Å². The molecule has 0 bridgehead atoms. The van der Waals surface area contributed by atoms with Crippen LogP contribution in [0, 0.1) is 0 Å². The predicted molar refractivity (Wildman–Crippen MR) is 173 cm³/mol. The van der Waals surface area contributed by atoms with Crippen molar-refractivity contribution in [1.29, 1.82) is 0 Å². The lowest BCUT2D eigenvalue weighted by Crippen LogP contribution is -2.39. The van der Waals surface area contributed by atoms with Gasteiger partial charge in [-0.3, -0.25) is 19.2 Å². The molecule has 15 nitrogen and oxygen atoms in total. The van der Waals surface area contributed by atoms with Gasteiger partial charge in [0, 0.05) is 13.1 Å². The largest absolute Gasteiger partial charge is 0.465 e. The van der Waals surface area contributed by atoms with E-state index in [4.69, 9.17) is 14.4 Å². The standard InChI is InChI=1S/C34H34N4O11/c1-45-33(43)25-13-15-27(37(31(25)41)48-21-23-9-5-3-6-10-23)29(39)35-17-19-47-20-18-36-30(40)28-16-14-26(34(44)46-2)32(42)38(28)49-22-24-11-7-4-8-12-24/h3-16H,17-22H2,1-2H3,(H,35,39)(H,36,40). The average molecular weight is 675 g/mol. The summed E-state index contributed by atoms with van der Waals surface area (Å²) in [4.78, 5) is 87.2. The molecule has 2 amide bonds. The second kappa shape index (κ2) is 17.6. The molecular formula is C34H34N4O11. The zero-order chi connectivity index (χ0) is 35.2. The minimum atomic E-state index is -0.879. The van der Waals surface area contributed by atoms with Crippen LogP contribution in [0.3, 0.4) is 0 Å². The molecule has 2 aromatic carbocycles. The molecule has 0 saturated heterocycles. The van der Waals surface area contributed by atoms with Gasteiger partial charge in [-0.25, -0.2) is 9.59 Å². The first-order valence-corrected chi connectivity index (χ1v) is 14.9. The monoisotopic (exact) mass is 674 g/mol. The van der Waals surface area contributed by atoms with Gasteiger partial charge in [0.05, 0.1) is 27.4 Å². The maximum atomic E-state index is 13.0. The fourth-order valence-corrected chi connectivity index (χ4v) is 4.35. The number of hydrogen-bond acceptors (Lipinski definition) is 11. The predicted octanol–water partition coefficient (Wildman–Crippen LogP) is 1.02. The quantitative estimate of drug-likeness (QED) is 0.128. The number of rotatable bonds is 16. The first kappa shape index (κ1) is 35.6. The van der Waals surface area contributed by atoms with Crippen LogP contribution in [-0.2, 0) is 27.4 Å². The number of nitrogens with zero attached hydrogens (tertiary/aromatic N) is 2. The average Bonchev–Trinajstić information content (AvgIpc) is 3.13. The van der Waals surface area contributed by atoms with Crippen LogP contribution in [0.15, 0.2) is 94.5 Å². The number of pyridine rings is 2. The maximum absolute atomic E-state index is 13.0. The van der Waals surface area contributed by atoms with E-state index in [9.17, 15) is 28.8 Å². The Balaban J connectivity index is 1.31. The van der Waals surface area contributed by atoms with Crippen LogP contribution >= 0.6 is 0 Å². The topological polar surface area (TPSA) is 182 Å². The Morgan fingerprint density at radius 3 is 1.33 bits per heavy atom. The number of benzene rings is 2. The summed E-state index contributed by atoms with van der Waals surface area (Å²) in [5, 5.41) is 5.23. The Labute approximate surface area is 279 Å². The van der Waals surface area contributed by atoms with E-state index in [1.165, 1.54) is 24.3 Å². The molecule has 2 aromatic heterocycles. The number of carbonyl (C=O) groups excluding carboxylic acids is 4. The number of hydrogen-bond donors (Lipinski definition) is 2. The van der Waals surface area contributed by atoms with Crippen molar-refractivity contribution in [1.82, 2.24) is 20.1 Å². The summed E-state index contributed by atoms with van der Waals surface area (Å²) in [5.41, 5.74) is -1.19. The Kier molecular flexibility index (Phi) is 12.8. The summed E-state index contributed by atoms with van der Waals surface area (Å²) in [6.07, 6.45) is 0. The van der Waals surface area contributed by atoms with Crippen LogP contribution in [0.25, 0.3) is 0 Å². The molecule has 0 spiro atoms. The first-order valence-electron chi connectivity index (χ1n) is 14.9. The third-order valence-corrected chi connectivity index (χ3v) is 6.83. The van der Waals surface area contributed by atoms with E-state index in [2.05, 4.69) is 20.1 Å². The van der Waals surface area contributed by atoms with Crippen molar-refractivity contribution in [2.24, 2.45) is 0 Å². The summed E-state index contributed by atoms with van der Waals surface area (Å²) in [7, 11) is 2.26. The Hall–Kier alpha value is -6.22. The van der Waals surface area contributed by atoms with Gasteiger partial charge in [-0.2, -0.15) is 0 Å². The highest BCUT2D eigenvalue weighted by Crippen LogP contribution is 2.06. The minimum Gasteiger partial charge on any atom is -0.465 e. The second-order valence-corrected chi connectivity index (χ2v) is 10.1. The van der Waals surface area contributed by atoms with Crippen molar-refractivity contribution < 1.29 is 43.1 Å². The molecule has 2 heterocycles. The maximum Gasteiger partial charge on any atom is 0.343 e. The molecule has 0 aliphatic carbocycles. The highest BCUT2D eigenvalue weighted by atomic mass is 16.7. The van der Waals surface area contributed by atoms with Crippen LogP contribution < -0.4 is 31.4 Å². The molecule has 0 radical (unpaired) electrons. The van der Waals surface area contributed by atoms with Crippen LogP contribution in [-0.4, -0.2) is 73.7 Å². The summed E-state index contributed by atoms with van der Waals surface area (Å²) >= 11 is 0. The fraction of sp³-hybridized carbons (Fsp3) is 0.235. The van der Waals surface area contributed by atoms with Crippen molar-refractivity contribution in [2.75, 3.05) is 40.5 Å². The number of esters is 2. The highest BCUT2D eigenvalue weighted by molar-refractivity contribution is 5.95. The third kappa shape index (κ3) is 9.42. The lowest BCUT2D eigenvalue weighted by molar-refractivity contribution is 0.0560. The van der Waals surface area contributed by atoms with Gasteiger partial charge >= 0.3 is 11.9 Å². The van der Waals surface area contributed by atoms with Gasteiger partial charge in [-0.1, -0.05) is 60.7 Å². The van der Waals surface area contributed by atoms with Gasteiger partial charge in [-0.05, 0) is 35.4 Å². The third-order valence-electron chi connectivity index (χ3n) is 6.83. The van der Waals surface area contributed by atoms with E-state index < -0.39 is 34.9 Å². The number of ether oxygens (including phenoxy) is 3. The second-order valence-electron chi connectivity index (χ2n) is 10.1. The van der Waals surface area contributed by atoms with E-state index in [0.29, 0.717) is 0 Å². The van der Waals surface area contributed by atoms with Crippen LogP contribution in [0.5, 0.6) is 0 Å². The molecule has 0 aliphatic rings. The summed E-state index contributed by atoms with van der Waals surface area (Å²) in [6, 6.07) is 22.8. The van der Waals surface area contributed by atoms with E-state index in [-0.39, 0.29) is 62.0 Å². The number of methoxy groups -OCH3 is 2. The molecule has 0 unspecified atom stereocenters. The van der Waals surface area contributed by atoms with Gasteiger partial charge in [0.25, 0.3) is 22.9 Å². The smallest absolute Gasteiger partial charge is 0.343 e. The molecule has 0 fully saturated rings. The zero-order valence-corrected chi connectivity index (χ0v) is 26.7. The molecule has 4 rings (SSSR count). The normalized spacial score (nSPS) is 10.5. The lowest BCUT2D eigenvalue weighted by Gasteiger charge is -2.15. The Bertz CT molecular complexity index is 1750. The Morgan fingerprint density at radius 1 is 0.571 bits per heavy atom. The van der Waals surface area contributed by atoms with Crippen LogP contribution in [0.1, 0.15) is 52.8 Å². The van der Waals surface area contributed by atoms with Gasteiger partial charge in [-0.15, -0.1) is 9.46 Å². The molecule has 0 aliphatic heterocycles. The van der Waals surface area contributed by atoms with E-state index in [1.54, 1.807) is 48.5 Å². The van der Waals surface area contributed by atoms with Gasteiger partial charge < -0.3 is 34.5 Å². The van der Waals surface area contributed by atoms with Crippen molar-refractivity contribution in [3.63, 3.8) is 0 Å². The van der Waals surface area contributed by atoms with E-state index in [1.807, 2.05) is 12.1 Å². The van der Waals surface area contributed by atoms with E-state index in [0.717, 1.165) is 34.8 Å². The number of carbonyl (C=O) groups is 4. The first-order chi connectivity index (χ1) is 23.7. The van der Waals surface area contributed by atoms with Crippen LogP contribution in [0.2, 0.25) is 0 Å². The molecule has 15 heteroatoms. The molecule has 4 aromatic rings. The highest BCUT2D eigenvalue weighted by Gasteiger charge is 2.22. The fourth-order valence-electron chi connectivity index (χ4n) is 4.35. The van der Waals surface area contributed by atoms with E-state index >= 15 is 0 Å². The molecule has 0 saturated carbocycles. The zero-order valence-electron chi connectivity index (χ0n) is 26.7. The molecule has 256 valence electrons. The van der Waals surface area contributed by atoms with Gasteiger partial charge in [0.2, 0.25) is 0 Å². The Morgan fingerprint density at radius 2 is 0.959 bits per heavy atom. The summed E-state index contributed by atoms with van der Waals surface area (Å²) in [6.45, 7) is 0.0300. The molecule has 49 heavy (non-hydrogen) atoms. The summed E-state index contributed by atoms with van der Waals surface area (Å²) in [5.74, 6) is -3.09. The number of amides is 2. The van der Waals surface area contributed by atoms with Crippen molar-refractivity contribution in [3.8, 4) is 0 Å². The van der Waals surface area contributed by atoms with Crippen LogP contribution in [0.4, 0.5) is 0 Å². The molecular weight excluding hydrogens is 640 g/mol. The SMILES string of the molecule is COC(=O)c1ccc(C(=O)NCCOCCNC(=O)c2ccc(C(=O)OC)c(=O)n2OCc2ccccc2)n(OCc2ccccc2)c1=O. The lowest BCUT2D eigenvalue weighted by atomic mass is 10.2. The minimum absolute atomic E-state index is 0.0280. The van der Waals surface area contributed by atoms with Crippen molar-refractivity contribution >= 4 is 23.8 Å². The van der Waals surface area contributed by atoms with Crippen molar-refractivity contribution in [3.05, 3.63) is 139 Å². The number of aromatic nitrogens is 2. The number of nitrogens with one attached hydrogen (secondary N) is 2. The molecule has 2 N–H and O–H groups in total. The summed E-state index contributed by atoms with van der Waals surface area (Å²) < 4.78 is 16.3.